The van der Waals surface area contributed by atoms with Gasteiger partial charge in [0.05, 0.1) is 25.7 Å². The fraction of sp³-hybridized carbons (Fsp3) is 0.412. The molecule has 0 saturated carbocycles. The van der Waals surface area contributed by atoms with Crippen LogP contribution in [0.15, 0.2) is 45.7 Å². The number of hydrogen-bond donors (Lipinski definition) is 2. The Bertz CT molecular complexity index is 598. The van der Waals surface area contributed by atoms with Gasteiger partial charge in [0.15, 0.2) is 0 Å². The second-order valence-corrected chi connectivity index (χ2v) is 6.63. The van der Waals surface area contributed by atoms with Crippen LogP contribution in [-0.2, 0) is 14.3 Å². The van der Waals surface area contributed by atoms with E-state index in [1.165, 1.54) is 11.8 Å². The van der Waals surface area contributed by atoms with E-state index in [1.54, 1.807) is 0 Å². The van der Waals surface area contributed by atoms with Crippen LogP contribution in [0.1, 0.15) is 13.8 Å². The number of ether oxygens (including phenoxy) is 1. The lowest BCUT2D eigenvalue weighted by Gasteiger charge is -2.28. The molecule has 0 radical (unpaired) electrons. The molecule has 0 saturated heterocycles. The smallest absolute Gasteiger partial charge is 0.254 e. The molecule has 2 rings (SSSR count). The summed E-state index contributed by atoms with van der Waals surface area (Å²) in [4.78, 5) is 26.2. The highest BCUT2D eigenvalue weighted by Gasteiger charge is 2.36. The van der Waals surface area contributed by atoms with Crippen molar-refractivity contribution in [2.24, 2.45) is 11.8 Å². The molecule has 0 aliphatic carbocycles. The highest BCUT2D eigenvalue weighted by atomic mass is 32.2. The van der Waals surface area contributed by atoms with Gasteiger partial charge >= 0.3 is 0 Å². The summed E-state index contributed by atoms with van der Waals surface area (Å²) >= 11 is 1.43. The third-order valence-corrected chi connectivity index (χ3v) is 4.68. The third-order valence-electron chi connectivity index (χ3n) is 3.45. The standard InChI is InChI=1S/C17H21NO4S/c1-11(2)14-15(23-12-6-4-3-5-7-12)13(10-22-9-8-19)16(20)18-17(14)21/h3-7,11,13,19H,8-10H2,1-2H3,(H,18,20,21). The van der Waals surface area contributed by atoms with Crippen molar-refractivity contribution in [2.45, 2.75) is 18.7 Å². The third kappa shape index (κ3) is 4.43. The van der Waals surface area contributed by atoms with E-state index in [2.05, 4.69) is 5.32 Å². The quantitative estimate of drug-likeness (QED) is 0.588. The summed E-state index contributed by atoms with van der Waals surface area (Å²) in [7, 11) is 0. The van der Waals surface area contributed by atoms with Crippen molar-refractivity contribution in [3.05, 3.63) is 40.8 Å². The molecular weight excluding hydrogens is 314 g/mol. The van der Waals surface area contributed by atoms with Crippen LogP contribution >= 0.6 is 11.8 Å². The maximum atomic E-state index is 12.2. The zero-order chi connectivity index (χ0) is 16.8. The predicted octanol–water partition coefficient (Wildman–Crippen LogP) is 1.97. The van der Waals surface area contributed by atoms with Crippen LogP contribution in [0.5, 0.6) is 0 Å². The van der Waals surface area contributed by atoms with E-state index < -0.39 is 5.92 Å². The van der Waals surface area contributed by atoms with Crippen LogP contribution in [0.2, 0.25) is 0 Å². The molecule has 0 bridgehead atoms. The average molecular weight is 335 g/mol. The molecule has 23 heavy (non-hydrogen) atoms. The Morgan fingerprint density at radius 3 is 2.57 bits per heavy atom. The monoisotopic (exact) mass is 335 g/mol. The number of carbonyl (C=O) groups is 2. The van der Waals surface area contributed by atoms with Gasteiger partial charge in [-0.3, -0.25) is 14.9 Å². The number of aliphatic hydroxyl groups excluding tert-OH is 1. The Balaban J connectivity index is 2.36. The van der Waals surface area contributed by atoms with Gasteiger partial charge in [-0.25, -0.2) is 0 Å². The first-order valence-corrected chi connectivity index (χ1v) is 8.37. The molecule has 1 aliphatic rings. The van der Waals surface area contributed by atoms with Gasteiger partial charge in [-0.15, -0.1) is 0 Å². The highest BCUT2D eigenvalue weighted by molar-refractivity contribution is 8.03. The van der Waals surface area contributed by atoms with E-state index in [0.717, 1.165) is 9.80 Å². The summed E-state index contributed by atoms with van der Waals surface area (Å²) in [6.45, 7) is 4.07. The molecule has 1 unspecified atom stereocenters. The zero-order valence-corrected chi connectivity index (χ0v) is 14.1. The Morgan fingerprint density at radius 2 is 1.96 bits per heavy atom. The molecule has 5 nitrogen and oxygen atoms in total. The summed E-state index contributed by atoms with van der Waals surface area (Å²) in [5, 5.41) is 11.3. The van der Waals surface area contributed by atoms with E-state index in [9.17, 15) is 9.59 Å². The fourth-order valence-electron chi connectivity index (χ4n) is 2.39. The van der Waals surface area contributed by atoms with Crippen molar-refractivity contribution in [2.75, 3.05) is 19.8 Å². The van der Waals surface area contributed by atoms with Crippen LogP contribution in [0.25, 0.3) is 0 Å². The Morgan fingerprint density at radius 1 is 1.26 bits per heavy atom. The summed E-state index contributed by atoms with van der Waals surface area (Å²) in [6, 6.07) is 9.64. The minimum atomic E-state index is -0.540. The number of benzene rings is 1. The number of nitrogens with one attached hydrogen (secondary N) is 1. The lowest BCUT2D eigenvalue weighted by atomic mass is 9.93. The van der Waals surface area contributed by atoms with Gasteiger partial charge < -0.3 is 9.84 Å². The number of rotatable bonds is 7. The Kier molecular flexibility index (Phi) is 6.38. The number of amides is 2. The summed E-state index contributed by atoms with van der Waals surface area (Å²) in [5.74, 6) is -1.23. The second-order valence-electron chi connectivity index (χ2n) is 5.52. The maximum Gasteiger partial charge on any atom is 0.254 e. The van der Waals surface area contributed by atoms with Gasteiger partial charge in [0.25, 0.3) is 5.91 Å². The lowest BCUT2D eigenvalue weighted by Crippen LogP contribution is -2.45. The first kappa shape index (κ1) is 17.7. The minimum absolute atomic E-state index is 0.00495. The van der Waals surface area contributed by atoms with Crippen LogP contribution in [0, 0.1) is 11.8 Å². The average Bonchev–Trinajstić information content (AvgIpc) is 2.50. The van der Waals surface area contributed by atoms with Gasteiger partial charge in [0.1, 0.15) is 0 Å². The Labute approximate surface area is 140 Å². The van der Waals surface area contributed by atoms with Crippen molar-refractivity contribution in [1.82, 2.24) is 5.32 Å². The van der Waals surface area contributed by atoms with Crippen molar-refractivity contribution in [1.29, 1.82) is 0 Å². The van der Waals surface area contributed by atoms with Crippen molar-refractivity contribution in [3.8, 4) is 0 Å². The van der Waals surface area contributed by atoms with Gasteiger partial charge in [-0.1, -0.05) is 43.8 Å². The number of hydrogen-bond acceptors (Lipinski definition) is 5. The summed E-state index contributed by atoms with van der Waals surface area (Å²) in [5.41, 5.74) is 0.621. The molecule has 124 valence electrons. The molecule has 2 N–H and O–H groups in total. The molecule has 6 heteroatoms. The van der Waals surface area contributed by atoms with Gasteiger partial charge in [0, 0.05) is 15.4 Å². The number of carbonyl (C=O) groups excluding carboxylic acids is 2. The van der Waals surface area contributed by atoms with E-state index in [4.69, 9.17) is 9.84 Å². The van der Waals surface area contributed by atoms with E-state index in [1.807, 2.05) is 44.2 Å². The van der Waals surface area contributed by atoms with Crippen LogP contribution in [0.3, 0.4) is 0 Å². The fourth-order valence-corrected chi connectivity index (χ4v) is 3.69. The summed E-state index contributed by atoms with van der Waals surface area (Å²) < 4.78 is 5.35. The molecule has 0 spiro atoms. The van der Waals surface area contributed by atoms with Gasteiger partial charge in [0.2, 0.25) is 5.91 Å². The highest BCUT2D eigenvalue weighted by Crippen LogP contribution is 2.39. The lowest BCUT2D eigenvalue weighted by molar-refractivity contribution is -0.133. The van der Waals surface area contributed by atoms with Gasteiger partial charge in [-0.05, 0) is 18.1 Å². The molecule has 0 aromatic heterocycles. The molecule has 1 aromatic rings. The minimum Gasteiger partial charge on any atom is -0.394 e. The topological polar surface area (TPSA) is 75.6 Å². The van der Waals surface area contributed by atoms with Crippen molar-refractivity contribution < 1.29 is 19.4 Å². The first-order chi connectivity index (χ1) is 11.0. The maximum absolute atomic E-state index is 12.2. The molecule has 1 aliphatic heterocycles. The second kappa shape index (κ2) is 8.29. The normalized spacial score (nSPS) is 18.5. The van der Waals surface area contributed by atoms with E-state index in [0.29, 0.717) is 5.57 Å². The van der Waals surface area contributed by atoms with E-state index >= 15 is 0 Å². The van der Waals surface area contributed by atoms with Gasteiger partial charge in [-0.2, -0.15) is 0 Å². The van der Waals surface area contributed by atoms with Crippen LogP contribution in [-0.4, -0.2) is 36.7 Å². The molecule has 0 fully saturated rings. The zero-order valence-electron chi connectivity index (χ0n) is 13.2. The number of aliphatic hydroxyl groups is 1. The molecule has 2 amide bonds. The molecular formula is C17H21NO4S. The van der Waals surface area contributed by atoms with Crippen LogP contribution < -0.4 is 5.32 Å². The number of thioether (sulfide) groups is 1. The van der Waals surface area contributed by atoms with Crippen molar-refractivity contribution in [3.63, 3.8) is 0 Å². The molecule has 1 aromatic carbocycles. The predicted molar refractivity (Wildman–Crippen MR) is 88.7 cm³/mol. The van der Waals surface area contributed by atoms with E-state index in [-0.39, 0.29) is 37.6 Å². The number of imide groups is 1. The van der Waals surface area contributed by atoms with Crippen LogP contribution in [0.4, 0.5) is 0 Å². The first-order valence-electron chi connectivity index (χ1n) is 7.55. The summed E-state index contributed by atoms with van der Waals surface area (Å²) in [6.07, 6.45) is 0. The van der Waals surface area contributed by atoms with Crippen molar-refractivity contribution >= 4 is 23.6 Å². The SMILES string of the molecule is CC(C)C1=C(Sc2ccccc2)C(COCCO)C(=O)NC1=O. The Hall–Kier alpha value is -1.63. The largest absolute Gasteiger partial charge is 0.394 e. The molecule has 1 atom stereocenters. The molecule has 1 heterocycles.